The number of rotatable bonds is 8. The van der Waals surface area contributed by atoms with E-state index in [1.165, 1.54) is 5.56 Å². The highest BCUT2D eigenvalue weighted by atomic mass is 32.2. The molecule has 2 heterocycles. The number of nitrogens with zero attached hydrogens (tertiary/aromatic N) is 5. The molecule has 0 fully saturated rings. The molecular weight excluding hydrogens is 332 g/mol. The number of imidazole rings is 1. The van der Waals surface area contributed by atoms with Crippen molar-refractivity contribution in [3.05, 3.63) is 59.9 Å². The van der Waals surface area contributed by atoms with Gasteiger partial charge in [-0.25, -0.2) is 4.98 Å². The van der Waals surface area contributed by atoms with Crippen LogP contribution in [0.4, 0.5) is 0 Å². The molecule has 0 aliphatic carbocycles. The second-order valence-corrected chi connectivity index (χ2v) is 7.13. The van der Waals surface area contributed by atoms with Crippen LogP contribution in [0.15, 0.2) is 47.9 Å². The zero-order chi connectivity index (χ0) is 17.6. The number of benzene rings is 1. The standard InChI is InChI=1S/C18H24N6S/c1-14-20-9-11-24(14)10-6-12-25-18-22-21-17(23(18)2)16(19)13-15-7-4-3-5-8-15/h3-5,7-9,11,16H,6,10,12-13,19H2,1-2H3. The largest absolute Gasteiger partial charge is 0.335 e. The van der Waals surface area contributed by atoms with E-state index in [0.717, 1.165) is 41.9 Å². The maximum Gasteiger partial charge on any atom is 0.190 e. The number of aryl methyl sites for hydroxylation is 2. The maximum absolute atomic E-state index is 6.33. The van der Waals surface area contributed by atoms with Crippen LogP contribution in [0, 0.1) is 6.92 Å². The molecule has 2 N–H and O–H groups in total. The summed E-state index contributed by atoms with van der Waals surface area (Å²) in [5, 5.41) is 9.53. The molecule has 2 aromatic heterocycles. The third-order valence-corrected chi connectivity index (χ3v) is 5.30. The van der Waals surface area contributed by atoms with Crippen LogP contribution in [0.3, 0.4) is 0 Å². The van der Waals surface area contributed by atoms with E-state index in [0.29, 0.717) is 0 Å². The molecule has 7 heteroatoms. The molecule has 25 heavy (non-hydrogen) atoms. The first-order valence-corrected chi connectivity index (χ1v) is 9.43. The van der Waals surface area contributed by atoms with Crippen LogP contribution >= 0.6 is 11.8 Å². The molecule has 0 aliphatic heterocycles. The summed E-state index contributed by atoms with van der Waals surface area (Å²) < 4.78 is 4.18. The van der Waals surface area contributed by atoms with E-state index in [4.69, 9.17) is 5.73 Å². The van der Waals surface area contributed by atoms with Gasteiger partial charge in [-0.05, 0) is 25.3 Å². The Labute approximate surface area is 152 Å². The molecule has 1 aromatic carbocycles. The van der Waals surface area contributed by atoms with Gasteiger partial charge in [0, 0.05) is 31.7 Å². The fourth-order valence-electron chi connectivity index (χ4n) is 2.77. The van der Waals surface area contributed by atoms with E-state index in [1.54, 1.807) is 11.8 Å². The Bertz CT molecular complexity index is 795. The lowest BCUT2D eigenvalue weighted by molar-refractivity contribution is 0.615. The second-order valence-electron chi connectivity index (χ2n) is 6.07. The molecular formula is C18H24N6S. The molecule has 1 atom stereocenters. The third-order valence-electron chi connectivity index (χ3n) is 4.20. The molecule has 0 amide bonds. The first-order chi connectivity index (χ1) is 12.1. The van der Waals surface area contributed by atoms with Crippen molar-refractivity contribution in [1.82, 2.24) is 24.3 Å². The van der Waals surface area contributed by atoms with Crippen molar-refractivity contribution in [2.75, 3.05) is 5.75 Å². The topological polar surface area (TPSA) is 74.6 Å². The van der Waals surface area contributed by atoms with E-state index in [1.807, 2.05) is 49.1 Å². The zero-order valence-corrected chi connectivity index (χ0v) is 15.5. The Morgan fingerprint density at radius 1 is 1.20 bits per heavy atom. The molecule has 0 radical (unpaired) electrons. The highest BCUT2D eigenvalue weighted by Crippen LogP contribution is 2.21. The average Bonchev–Trinajstić information content (AvgIpc) is 3.18. The summed E-state index contributed by atoms with van der Waals surface area (Å²) in [5.41, 5.74) is 7.54. The summed E-state index contributed by atoms with van der Waals surface area (Å²) in [4.78, 5) is 4.24. The second kappa shape index (κ2) is 8.31. The summed E-state index contributed by atoms with van der Waals surface area (Å²) in [6.45, 7) is 2.99. The summed E-state index contributed by atoms with van der Waals surface area (Å²) in [6, 6.07) is 10.1. The van der Waals surface area contributed by atoms with Crippen LogP contribution in [0.1, 0.15) is 29.7 Å². The molecule has 0 saturated carbocycles. The van der Waals surface area contributed by atoms with Crippen molar-refractivity contribution in [3.63, 3.8) is 0 Å². The monoisotopic (exact) mass is 356 g/mol. The van der Waals surface area contributed by atoms with Gasteiger partial charge < -0.3 is 14.9 Å². The van der Waals surface area contributed by atoms with Crippen LogP contribution in [0.5, 0.6) is 0 Å². The molecule has 1 unspecified atom stereocenters. The fourth-order valence-corrected chi connectivity index (χ4v) is 3.61. The average molecular weight is 356 g/mol. The summed E-state index contributed by atoms with van der Waals surface area (Å²) in [6.07, 6.45) is 5.67. The van der Waals surface area contributed by atoms with Crippen molar-refractivity contribution >= 4 is 11.8 Å². The quantitative estimate of drug-likeness (QED) is 0.496. The van der Waals surface area contributed by atoms with Gasteiger partial charge in [-0.3, -0.25) is 0 Å². The first-order valence-electron chi connectivity index (χ1n) is 8.44. The van der Waals surface area contributed by atoms with E-state index < -0.39 is 0 Å². The van der Waals surface area contributed by atoms with Crippen LogP contribution < -0.4 is 5.73 Å². The molecule has 3 rings (SSSR count). The first kappa shape index (κ1) is 17.7. The number of hydrogen-bond acceptors (Lipinski definition) is 5. The van der Waals surface area contributed by atoms with Gasteiger partial charge >= 0.3 is 0 Å². The Balaban J connectivity index is 1.53. The molecule has 6 nitrogen and oxygen atoms in total. The van der Waals surface area contributed by atoms with Crippen LogP contribution in [-0.4, -0.2) is 30.1 Å². The number of hydrogen-bond donors (Lipinski definition) is 1. The normalized spacial score (nSPS) is 12.4. The lowest BCUT2D eigenvalue weighted by Gasteiger charge is -2.11. The van der Waals surface area contributed by atoms with Crippen molar-refractivity contribution in [2.24, 2.45) is 12.8 Å². The zero-order valence-electron chi connectivity index (χ0n) is 14.7. The minimum Gasteiger partial charge on any atom is -0.335 e. The Morgan fingerprint density at radius 2 is 2.00 bits per heavy atom. The summed E-state index contributed by atoms with van der Waals surface area (Å²) in [5.74, 6) is 2.87. The molecule has 0 spiro atoms. The van der Waals surface area contributed by atoms with Gasteiger partial charge in [-0.1, -0.05) is 42.1 Å². The Hall–Kier alpha value is -2.12. The van der Waals surface area contributed by atoms with Crippen molar-refractivity contribution in [1.29, 1.82) is 0 Å². The number of nitrogens with two attached hydrogens (primary N) is 1. The minimum atomic E-state index is -0.150. The van der Waals surface area contributed by atoms with Crippen molar-refractivity contribution in [2.45, 2.75) is 37.5 Å². The van der Waals surface area contributed by atoms with Gasteiger partial charge in [-0.15, -0.1) is 10.2 Å². The van der Waals surface area contributed by atoms with Gasteiger partial charge in [0.2, 0.25) is 0 Å². The van der Waals surface area contributed by atoms with Crippen LogP contribution in [0.2, 0.25) is 0 Å². The predicted molar refractivity (Wildman–Crippen MR) is 100 cm³/mol. The number of thioether (sulfide) groups is 1. The summed E-state index contributed by atoms with van der Waals surface area (Å²) in [7, 11) is 1.99. The molecule has 0 saturated heterocycles. The van der Waals surface area contributed by atoms with Gasteiger partial charge in [0.05, 0.1) is 6.04 Å². The van der Waals surface area contributed by atoms with Gasteiger partial charge in [0.15, 0.2) is 11.0 Å². The van der Waals surface area contributed by atoms with E-state index >= 15 is 0 Å². The Morgan fingerprint density at radius 3 is 2.72 bits per heavy atom. The van der Waals surface area contributed by atoms with Gasteiger partial charge in [-0.2, -0.15) is 0 Å². The van der Waals surface area contributed by atoms with Gasteiger partial charge in [0.25, 0.3) is 0 Å². The van der Waals surface area contributed by atoms with Crippen LogP contribution in [0.25, 0.3) is 0 Å². The van der Waals surface area contributed by atoms with E-state index in [2.05, 4.69) is 31.9 Å². The lowest BCUT2D eigenvalue weighted by Crippen LogP contribution is -2.18. The fraction of sp³-hybridized carbons (Fsp3) is 0.389. The van der Waals surface area contributed by atoms with E-state index in [9.17, 15) is 0 Å². The lowest BCUT2D eigenvalue weighted by atomic mass is 10.1. The number of aromatic nitrogens is 5. The van der Waals surface area contributed by atoms with Crippen molar-refractivity contribution < 1.29 is 0 Å². The molecule has 0 bridgehead atoms. The summed E-state index contributed by atoms with van der Waals surface area (Å²) >= 11 is 1.72. The molecule has 132 valence electrons. The Kier molecular flexibility index (Phi) is 5.88. The maximum atomic E-state index is 6.33. The van der Waals surface area contributed by atoms with Gasteiger partial charge in [0.1, 0.15) is 5.82 Å². The smallest absolute Gasteiger partial charge is 0.190 e. The SMILES string of the molecule is Cc1nccn1CCCSc1nnc(C(N)Cc2ccccc2)n1C. The predicted octanol–water partition coefficient (Wildman–Crippen LogP) is 2.74. The highest BCUT2D eigenvalue weighted by molar-refractivity contribution is 7.99. The van der Waals surface area contributed by atoms with Crippen molar-refractivity contribution in [3.8, 4) is 0 Å². The third kappa shape index (κ3) is 4.49. The molecule has 3 aromatic rings. The van der Waals surface area contributed by atoms with E-state index in [-0.39, 0.29) is 6.04 Å². The minimum absolute atomic E-state index is 0.150. The highest BCUT2D eigenvalue weighted by Gasteiger charge is 2.16. The van der Waals surface area contributed by atoms with Crippen LogP contribution in [-0.2, 0) is 20.0 Å². The molecule has 0 aliphatic rings.